The standard InChI is InChI=1S/C15H19N3O2.ClH/c1-3-16-8-9-17-15(19)14-10-13(18-20-14)12-6-4-11(2)5-7-12;/h4-7,10,16H,3,8-9H2,1-2H3,(H,17,19);1H. The second-order valence-corrected chi connectivity index (χ2v) is 4.55. The van der Waals surface area contributed by atoms with E-state index >= 15 is 0 Å². The number of aryl methyl sites for hydroxylation is 1. The summed E-state index contributed by atoms with van der Waals surface area (Å²) in [7, 11) is 0. The summed E-state index contributed by atoms with van der Waals surface area (Å²) in [5.41, 5.74) is 2.78. The molecule has 0 unspecified atom stereocenters. The molecule has 0 aliphatic rings. The molecule has 5 nitrogen and oxygen atoms in total. The molecule has 0 saturated carbocycles. The molecule has 0 aliphatic carbocycles. The van der Waals surface area contributed by atoms with Crippen LogP contribution in [0.5, 0.6) is 0 Å². The molecule has 0 radical (unpaired) electrons. The Labute approximate surface area is 130 Å². The number of aromatic nitrogens is 1. The lowest BCUT2D eigenvalue weighted by Gasteiger charge is -2.02. The quantitative estimate of drug-likeness (QED) is 0.804. The summed E-state index contributed by atoms with van der Waals surface area (Å²) in [5.74, 6) is -0.00848. The summed E-state index contributed by atoms with van der Waals surface area (Å²) in [4.78, 5) is 11.8. The fourth-order valence-electron chi connectivity index (χ4n) is 1.77. The van der Waals surface area contributed by atoms with Crippen molar-refractivity contribution in [3.63, 3.8) is 0 Å². The molecule has 0 atom stereocenters. The first kappa shape index (κ1) is 17.2. The van der Waals surface area contributed by atoms with Crippen LogP contribution in [0, 0.1) is 6.92 Å². The zero-order valence-electron chi connectivity index (χ0n) is 12.2. The molecule has 0 bridgehead atoms. The molecule has 2 aromatic rings. The van der Waals surface area contributed by atoms with E-state index in [4.69, 9.17) is 4.52 Å². The van der Waals surface area contributed by atoms with Gasteiger partial charge < -0.3 is 15.2 Å². The molecule has 21 heavy (non-hydrogen) atoms. The minimum Gasteiger partial charge on any atom is -0.350 e. The molecule has 114 valence electrons. The Bertz CT molecular complexity index is 567. The third kappa shape index (κ3) is 4.88. The van der Waals surface area contributed by atoms with Crippen molar-refractivity contribution in [3.8, 4) is 11.3 Å². The number of nitrogens with one attached hydrogen (secondary N) is 2. The highest BCUT2D eigenvalue weighted by molar-refractivity contribution is 5.92. The summed E-state index contributed by atoms with van der Waals surface area (Å²) in [6.45, 7) is 6.23. The molecule has 2 rings (SSSR count). The van der Waals surface area contributed by atoms with Gasteiger partial charge in [0.05, 0.1) is 0 Å². The van der Waals surface area contributed by atoms with Gasteiger partial charge in [0, 0.05) is 24.7 Å². The Hall–Kier alpha value is -1.85. The average molecular weight is 310 g/mol. The number of amides is 1. The maximum absolute atomic E-state index is 11.8. The highest BCUT2D eigenvalue weighted by Gasteiger charge is 2.13. The van der Waals surface area contributed by atoms with Crippen molar-refractivity contribution in [2.75, 3.05) is 19.6 Å². The maximum atomic E-state index is 11.8. The minimum absolute atomic E-state index is 0. The predicted molar refractivity (Wildman–Crippen MR) is 84.8 cm³/mol. The van der Waals surface area contributed by atoms with E-state index in [2.05, 4.69) is 15.8 Å². The lowest BCUT2D eigenvalue weighted by Crippen LogP contribution is -2.31. The number of carbonyl (C=O) groups is 1. The lowest BCUT2D eigenvalue weighted by atomic mass is 10.1. The van der Waals surface area contributed by atoms with E-state index in [1.165, 1.54) is 5.56 Å². The molecular weight excluding hydrogens is 290 g/mol. The van der Waals surface area contributed by atoms with Crippen LogP contribution >= 0.6 is 12.4 Å². The van der Waals surface area contributed by atoms with Gasteiger partial charge in [-0.05, 0) is 13.5 Å². The second kappa shape index (κ2) is 8.44. The van der Waals surface area contributed by atoms with Gasteiger partial charge in [-0.15, -0.1) is 12.4 Å². The van der Waals surface area contributed by atoms with E-state index in [-0.39, 0.29) is 24.1 Å². The van der Waals surface area contributed by atoms with Crippen LogP contribution < -0.4 is 10.6 Å². The van der Waals surface area contributed by atoms with Gasteiger partial charge in [-0.25, -0.2) is 0 Å². The number of carbonyl (C=O) groups excluding carboxylic acids is 1. The second-order valence-electron chi connectivity index (χ2n) is 4.55. The van der Waals surface area contributed by atoms with Crippen LogP contribution in [0.2, 0.25) is 0 Å². The van der Waals surface area contributed by atoms with Crippen molar-refractivity contribution in [3.05, 3.63) is 41.7 Å². The van der Waals surface area contributed by atoms with Gasteiger partial charge in [-0.2, -0.15) is 0 Å². The number of rotatable bonds is 6. The zero-order valence-corrected chi connectivity index (χ0v) is 13.0. The average Bonchev–Trinajstić information content (AvgIpc) is 2.94. The van der Waals surface area contributed by atoms with Crippen LogP contribution in [0.1, 0.15) is 23.0 Å². The Morgan fingerprint density at radius 1 is 1.24 bits per heavy atom. The van der Waals surface area contributed by atoms with Crippen LogP contribution in [-0.2, 0) is 0 Å². The van der Waals surface area contributed by atoms with Gasteiger partial charge in [0.1, 0.15) is 5.69 Å². The number of nitrogens with zero attached hydrogens (tertiary/aromatic N) is 1. The molecule has 1 aromatic heterocycles. The topological polar surface area (TPSA) is 67.2 Å². The lowest BCUT2D eigenvalue weighted by molar-refractivity contribution is 0.0917. The Balaban J connectivity index is 0.00000220. The minimum atomic E-state index is -0.242. The fourth-order valence-corrected chi connectivity index (χ4v) is 1.77. The highest BCUT2D eigenvalue weighted by atomic mass is 35.5. The molecule has 0 fully saturated rings. The van der Waals surface area contributed by atoms with Crippen molar-refractivity contribution in [2.24, 2.45) is 0 Å². The first-order chi connectivity index (χ1) is 9.70. The van der Waals surface area contributed by atoms with Crippen molar-refractivity contribution >= 4 is 18.3 Å². The molecule has 6 heteroatoms. The van der Waals surface area contributed by atoms with Crippen LogP contribution in [0.3, 0.4) is 0 Å². The van der Waals surface area contributed by atoms with E-state index in [0.717, 1.165) is 18.7 Å². The van der Waals surface area contributed by atoms with Crippen molar-refractivity contribution in [1.29, 1.82) is 0 Å². The maximum Gasteiger partial charge on any atom is 0.289 e. The molecule has 0 saturated heterocycles. The molecule has 1 amide bonds. The molecule has 1 heterocycles. The molecule has 1 aromatic carbocycles. The predicted octanol–water partition coefficient (Wildman–Crippen LogP) is 2.41. The van der Waals surface area contributed by atoms with Crippen LogP contribution in [0.4, 0.5) is 0 Å². The summed E-state index contributed by atoms with van der Waals surface area (Å²) in [6, 6.07) is 9.58. The summed E-state index contributed by atoms with van der Waals surface area (Å²) >= 11 is 0. The molecule has 0 spiro atoms. The van der Waals surface area contributed by atoms with Crippen LogP contribution in [-0.4, -0.2) is 30.7 Å². The largest absolute Gasteiger partial charge is 0.350 e. The van der Waals surface area contributed by atoms with Gasteiger partial charge in [-0.3, -0.25) is 4.79 Å². The normalized spacial score (nSPS) is 10.0. The fraction of sp³-hybridized carbons (Fsp3) is 0.333. The number of likely N-dealkylation sites (N-methyl/N-ethyl adjacent to an activating group) is 1. The number of hydrogen-bond acceptors (Lipinski definition) is 4. The van der Waals surface area contributed by atoms with Gasteiger partial charge >= 0.3 is 0 Å². The third-order valence-electron chi connectivity index (χ3n) is 2.92. The summed E-state index contributed by atoms with van der Waals surface area (Å²) in [6.07, 6.45) is 0. The van der Waals surface area contributed by atoms with Crippen LogP contribution in [0.25, 0.3) is 11.3 Å². The Morgan fingerprint density at radius 3 is 2.62 bits per heavy atom. The molecule has 2 N–H and O–H groups in total. The van der Waals surface area contributed by atoms with Crippen LogP contribution in [0.15, 0.2) is 34.9 Å². The molecular formula is C15H20ClN3O2. The van der Waals surface area contributed by atoms with Crippen molar-refractivity contribution in [2.45, 2.75) is 13.8 Å². The van der Waals surface area contributed by atoms with Crippen molar-refractivity contribution < 1.29 is 9.32 Å². The van der Waals surface area contributed by atoms with Gasteiger partial charge in [0.2, 0.25) is 5.76 Å². The first-order valence-electron chi connectivity index (χ1n) is 6.73. The van der Waals surface area contributed by atoms with Gasteiger partial charge in [-0.1, -0.05) is 41.9 Å². The first-order valence-corrected chi connectivity index (χ1v) is 6.73. The Kier molecular flexibility index (Phi) is 6.91. The third-order valence-corrected chi connectivity index (χ3v) is 2.92. The Morgan fingerprint density at radius 2 is 1.95 bits per heavy atom. The molecule has 0 aliphatic heterocycles. The van der Waals surface area contributed by atoms with Crippen molar-refractivity contribution in [1.82, 2.24) is 15.8 Å². The smallest absolute Gasteiger partial charge is 0.289 e. The summed E-state index contributed by atoms with van der Waals surface area (Å²) in [5, 5.41) is 9.83. The van der Waals surface area contributed by atoms with E-state index in [1.54, 1.807) is 6.07 Å². The number of hydrogen-bond donors (Lipinski definition) is 2. The van der Waals surface area contributed by atoms with E-state index in [0.29, 0.717) is 12.2 Å². The van der Waals surface area contributed by atoms with Gasteiger partial charge in [0.25, 0.3) is 5.91 Å². The van der Waals surface area contributed by atoms with E-state index in [9.17, 15) is 4.79 Å². The monoisotopic (exact) mass is 309 g/mol. The zero-order chi connectivity index (χ0) is 14.4. The SMILES string of the molecule is CCNCCNC(=O)c1cc(-c2ccc(C)cc2)no1.Cl. The van der Waals surface area contributed by atoms with E-state index < -0.39 is 0 Å². The van der Waals surface area contributed by atoms with E-state index in [1.807, 2.05) is 38.1 Å². The highest BCUT2D eigenvalue weighted by Crippen LogP contribution is 2.19. The number of benzene rings is 1. The number of halogens is 1. The summed E-state index contributed by atoms with van der Waals surface area (Å²) < 4.78 is 5.09. The van der Waals surface area contributed by atoms with Gasteiger partial charge in [0.15, 0.2) is 0 Å².